The van der Waals surface area contributed by atoms with Gasteiger partial charge in [0.15, 0.2) is 5.54 Å². The van der Waals surface area contributed by atoms with Gasteiger partial charge in [-0.2, -0.15) is 4.31 Å². The number of rotatable bonds is 4. The van der Waals surface area contributed by atoms with Crippen molar-refractivity contribution in [1.82, 2.24) is 4.31 Å². The lowest BCUT2D eigenvalue weighted by Gasteiger charge is -2.36. The number of hydrogen-bond donors (Lipinski definition) is 0. The summed E-state index contributed by atoms with van der Waals surface area (Å²) in [6.45, 7) is 6.54. The minimum atomic E-state index is -4.35. The molecule has 7 nitrogen and oxygen atoms in total. The lowest BCUT2D eigenvalue weighted by molar-refractivity contribution is -0.155. The normalized spacial score (nSPS) is 19.8. The Bertz CT molecular complexity index is 1060. The average molecular weight is 432 g/mol. The van der Waals surface area contributed by atoms with E-state index in [0.29, 0.717) is 9.87 Å². The molecular formula is C22H25NO6S. The molecule has 1 aliphatic rings. The fourth-order valence-corrected chi connectivity index (χ4v) is 5.42. The summed E-state index contributed by atoms with van der Waals surface area (Å²) in [6, 6.07) is 15.0. The molecule has 3 rings (SSSR count). The van der Waals surface area contributed by atoms with E-state index in [4.69, 9.17) is 9.47 Å². The van der Waals surface area contributed by atoms with E-state index in [0.717, 1.165) is 0 Å². The van der Waals surface area contributed by atoms with E-state index in [2.05, 4.69) is 0 Å². The molecule has 160 valence electrons. The van der Waals surface area contributed by atoms with Crippen molar-refractivity contribution in [1.29, 1.82) is 0 Å². The maximum atomic E-state index is 13.4. The van der Waals surface area contributed by atoms with Gasteiger partial charge in [0.25, 0.3) is 10.0 Å². The first-order valence-corrected chi connectivity index (χ1v) is 11.1. The van der Waals surface area contributed by atoms with Crippen molar-refractivity contribution < 1.29 is 27.5 Å². The highest BCUT2D eigenvalue weighted by molar-refractivity contribution is 7.90. The molecule has 0 spiro atoms. The molecule has 0 radical (unpaired) electrons. The topological polar surface area (TPSA) is 90.0 Å². The number of amides is 1. The second kappa shape index (κ2) is 7.75. The molecule has 0 aromatic heterocycles. The highest BCUT2D eigenvalue weighted by Crippen LogP contribution is 2.47. The number of fused-ring (bicyclic) bond motifs is 1. The molecule has 1 heterocycles. The SMILES string of the molecule is CCOC(=O)[C@@]1(Cc2ccccc2)c2ccccc2S(=O)(=O)N1C(=O)OC(C)(C)C. The van der Waals surface area contributed by atoms with Gasteiger partial charge in [0.2, 0.25) is 0 Å². The largest absolute Gasteiger partial charge is 0.464 e. The highest BCUT2D eigenvalue weighted by atomic mass is 32.2. The summed E-state index contributed by atoms with van der Waals surface area (Å²) in [6.07, 6.45) is -1.20. The predicted molar refractivity (Wildman–Crippen MR) is 110 cm³/mol. The smallest absolute Gasteiger partial charge is 0.425 e. The van der Waals surface area contributed by atoms with Gasteiger partial charge >= 0.3 is 12.1 Å². The van der Waals surface area contributed by atoms with E-state index in [1.54, 1.807) is 64.1 Å². The van der Waals surface area contributed by atoms with Crippen LogP contribution in [0, 0.1) is 0 Å². The number of ether oxygens (including phenoxy) is 2. The number of carbonyl (C=O) groups is 2. The molecule has 1 atom stereocenters. The van der Waals surface area contributed by atoms with Crippen LogP contribution >= 0.6 is 0 Å². The van der Waals surface area contributed by atoms with Crippen LogP contribution in [0.4, 0.5) is 4.79 Å². The number of hydrogen-bond acceptors (Lipinski definition) is 6. The Labute approximate surface area is 176 Å². The third-order valence-corrected chi connectivity index (χ3v) is 6.53. The molecule has 0 saturated heterocycles. The molecule has 2 aromatic carbocycles. The van der Waals surface area contributed by atoms with E-state index < -0.39 is 33.2 Å². The zero-order chi connectivity index (χ0) is 22.2. The summed E-state index contributed by atoms with van der Waals surface area (Å²) in [5, 5.41) is 0. The van der Waals surface area contributed by atoms with E-state index in [-0.39, 0.29) is 23.5 Å². The van der Waals surface area contributed by atoms with Crippen molar-refractivity contribution in [2.24, 2.45) is 0 Å². The van der Waals surface area contributed by atoms with Gasteiger partial charge in [-0.1, -0.05) is 48.5 Å². The van der Waals surface area contributed by atoms with Crippen LogP contribution < -0.4 is 0 Å². The second-order valence-electron chi connectivity index (χ2n) is 7.99. The van der Waals surface area contributed by atoms with Gasteiger partial charge in [0, 0.05) is 12.0 Å². The fourth-order valence-electron chi connectivity index (χ4n) is 3.58. The maximum Gasteiger partial charge on any atom is 0.425 e. The van der Waals surface area contributed by atoms with Gasteiger partial charge in [0.05, 0.1) is 11.5 Å². The van der Waals surface area contributed by atoms with Crippen LogP contribution in [0.3, 0.4) is 0 Å². The van der Waals surface area contributed by atoms with Crippen molar-refractivity contribution in [3.8, 4) is 0 Å². The third kappa shape index (κ3) is 3.67. The predicted octanol–water partition coefficient (Wildman–Crippen LogP) is 3.63. The van der Waals surface area contributed by atoms with E-state index in [1.807, 2.05) is 6.07 Å². The van der Waals surface area contributed by atoms with Crippen molar-refractivity contribution in [2.75, 3.05) is 6.61 Å². The minimum absolute atomic E-state index is 0.0275. The molecule has 1 amide bonds. The molecule has 0 saturated carbocycles. The van der Waals surface area contributed by atoms with Crippen molar-refractivity contribution in [2.45, 2.75) is 50.2 Å². The van der Waals surface area contributed by atoms with Crippen molar-refractivity contribution in [3.05, 3.63) is 65.7 Å². The van der Waals surface area contributed by atoms with Crippen LogP contribution in [0.5, 0.6) is 0 Å². The summed E-state index contributed by atoms with van der Waals surface area (Å²) >= 11 is 0. The Kier molecular flexibility index (Phi) is 5.64. The molecule has 1 aliphatic heterocycles. The molecule has 0 aliphatic carbocycles. The lowest BCUT2D eigenvalue weighted by Crippen LogP contribution is -2.55. The molecular weight excluding hydrogens is 406 g/mol. The van der Waals surface area contributed by atoms with Gasteiger partial charge in [-0.05, 0) is 39.3 Å². The van der Waals surface area contributed by atoms with Crippen LogP contribution in [0.15, 0.2) is 59.5 Å². The van der Waals surface area contributed by atoms with E-state index in [9.17, 15) is 18.0 Å². The maximum absolute atomic E-state index is 13.4. The zero-order valence-corrected chi connectivity index (χ0v) is 18.2. The number of benzene rings is 2. The van der Waals surface area contributed by atoms with E-state index in [1.165, 1.54) is 12.1 Å². The summed E-state index contributed by atoms with van der Waals surface area (Å²) in [5.41, 5.74) is -2.01. The van der Waals surface area contributed by atoms with Crippen LogP contribution in [-0.4, -0.2) is 37.0 Å². The standard InChI is InChI=1S/C22H25NO6S/c1-5-28-19(24)22(15-16-11-7-6-8-12-16)17-13-9-10-14-18(17)30(26,27)23(22)20(25)29-21(2,3)4/h6-14H,5,15H2,1-4H3/t22-/m1/s1. The molecule has 8 heteroatoms. The molecule has 0 N–H and O–H groups in total. The first-order chi connectivity index (χ1) is 14.0. The lowest BCUT2D eigenvalue weighted by atomic mass is 9.83. The monoisotopic (exact) mass is 431 g/mol. The summed E-state index contributed by atoms with van der Waals surface area (Å²) in [7, 11) is -4.35. The van der Waals surface area contributed by atoms with Crippen LogP contribution in [0.2, 0.25) is 0 Å². The fraction of sp³-hybridized carbons (Fsp3) is 0.364. The Morgan fingerprint density at radius 3 is 2.20 bits per heavy atom. The van der Waals surface area contributed by atoms with Crippen LogP contribution in [0.25, 0.3) is 0 Å². The van der Waals surface area contributed by atoms with Crippen LogP contribution in [0.1, 0.15) is 38.8 Å². The Morgan fingerprint density at radius 1 is 1.00 bits per heavy atom. The Hall–Kier alpha value is -2.87. The summed E-state index contributed by atoms with van der Waals surface area (Å²) < 4.78 is 38.2. The first-order valence-electron chi connectivity index (χ1n) is 9.63. The second-order valence-corrected chi connectivity index (χ2v) is 9.74. The minimum Gasteiger partial charge on any atom is -0.464 e. The van der Waals surface area contributed by atoms with Gasteiger partial charge in [-0.15, -0.1) is 0 Å². The molecule has 30 heavy (non-hydrogen) atoms. The zero-order valence-electron chi connectivity index (χ0n) is 17.4. The number of carbonyl (C=O) groups excluding carboxylic acids is 2. The number of sulfonamides is 1. The number of esters is 1. The van der Waals surface area contributed by atoms with Gasteiger partial charge < -0.3 is 9.47 Å². The van der Waals surface area contributed by atoms with Crippen molar-refractivity contribution >= 4 is 22.1 Å². The molecule has 2 aromatic rings. The molecule has 0 fully saturated rings. The van der Waals surface area contributed by atoms with E-state index >= 15 is 0 Å². The molecule has 0 bridgehead atoms. The average Bonchev–Trinajstić information content (AvgIpc) is 2.86. The summed E-state index contributed by atoms with van der Waals surface area (Å²) in [4.78, 5) is 26.4. The molecule has 0 unspecified atom stereocenters. The Morgan fingerprint density at radius 2 is 1.60 bits per heavy atom. The highest BCUT2D eigenvalue weighted by Gasteiger charge is 2.63. The van der Waals surface area contributed by atoms with Gasteiger partial charge in [0.1, 0.15) is 5.60 Å². The quantitative estimate of drug-likeness (QED) is 0.687. The van der Waals surface area contributed by atoms with Gasteiger partial charge in [-0.3, -0.25) is 0 Å². The van der Waals surface area contributed by atoms with Crippen molar-refractivity contribution in [3.63, 3.8) is 0 Å². The third-order valence-electron chi connectivity index (χ3n) is 4.67. The first kappa shape index (κ1) is 21.8. The van der Waals surface area contributed by atoms with Gasteiger partial charge in [-0.25, -0.2) is 18.0 Å². The summed E-state index contributed by atoms with van der Waals surface area (Å²) in [5.74, 6) is -0.826. The number of nitrogens with zero attached hydrogens (tertiary/aromatic N) is 1. The van der Waals surface area contributed by atoms with Crippen LogP contribution in [-0.2, 0) is 36.3 Å². The Balaban J connectivity index is 2.30.